The molecule has 0 saturated heterocycles. The van der Waals surface area contributed by atoms with Crippen molar-refractivity contribution in [3.05, 3.63) is 12.2 Å². The number of carbonyl (C=O) groups excluding carboxylic acids is 1. The number of aliphatic hydroxyl groups excluding tert-OH is 1. The fraction of sp³-hybridized carbons (Fsp3) is 0.727. The predicted molar refractivity (Wildman–Crippen MR) is 52.4 cm³/mol. The normalized spacial score (nSPS) is 21.9. The van der Waals surface area contributed by atoms with Crippen LogP contribution in [0.4, 0.5) is 0 Å². The fourth-order valence-electron chi connectivity index (χ4n) is 1.98. The number of aliphatic hydroxyl groups is 1. The van der Waals surface area contributed by atoms with E-state index in [4.69, 9.17) is 0 Å². The molecule has 2 nitrogen and oxygen atoms in total. The van der Waals surface area contributed by atoms with Crippen LogP contribution in [0.3, 0.4) is 0 Å². The van der Waals surface area contributed by atoms with Crippen LogP contribution in [0.1, 0.15) is 38.5 Å². The van der Waals surface area contributed by atoms with Gasteiger partial charge in [0.2, 0.25) is 0 Å². The predicted octanol–water partition coefficient (Wildman–Crippen LogP) is 2.07. The standard InChI is InChI=1S/C11H18O2/c12-9-5-4-8-11(13)10-6-2-1-3-7-10/h4-5,9-11,13H,1-3,6-8H2/b5-4+/t11-/m0/s1. The highest BCUT2D eigenvalue weighted by Gasteiger charge is 2.20. The van der Waals surface area contributed by atoms with Crippen LogP contribution >= 0.6 is 0 Å². The first-order valence-electron chi connectivity index (χ1n) is 5.13. The van der Waals surface area contributed by atoms with Gasteiger partial charge in [-0.05, 0) is 31.3 Å². The van der Waals surface area contributed by atoms with Gasteiger partial charge < -0.3 is 5.11 Å². The second-order valence-electron chi connectivity index (χ2n) is 3.77. The van der Waals surface area contributed by atoms with Gasteiger partial charge in [-0.15, -0.1) is 0 Å². The lowest BCUT2D eigenvalue weighted by Crippen LogP contribution is -2.22. The number of allylic oxidation sites excluding steroid dienone is 1. The van der Waals surface area contributed by atoms with Crippen LogP contribution in [-0.4, -0.2) is 17.5 Å². The first-order chi connectivity index (χ1) is 6.34. The maximum absolute atomic E-state index is 9.99. The van der Waals surface area contributed by atoms with E-state index in [0.29, 0.717) is 12.3 Å². The van der Waals surface area contributed by atoms with Gasteiger partial charge in [0.25, 0.3) is 0 Å². The zero-order valence-corrected chi connectivity index (χ0v) is 7.98. The molecule has 0 amide bonds. The van der Waals surface area contributed by atoms with Crippen LogP contribution in [-0.2, 0) is 4.79 Å². The summed E-state index contributed by atoms with van der Waals surface area (Å²) >= 11 is 0. The Morgan fingerprint density at radius 1 is 1.31 bits per heavy atom. The minimum absolute atomic E-state index is 0.239. The summed E-state index contributed by atoms with van der Waals surface area (Å²) in [6.45, 7) is 0. The Morgan fingerprint density at radius 3 is 2.62 bits per heavy atom. The summed E-state index contributed by atoms with van der Waals surface area (Å²) in [7, 11) is 0. The molecule has 0 aliphatic heterocycles. The van der Waals surface area contributed by atoms with Crippen LogP contribution < -0.4 is 0 Å². The minimum atomic E-state index is -0.239. The van der Waals surface area contributed by atoms with E-state index < -0.39 is 0 Å². The monoisotopic (exact) mass is 182 g/mol. The van der Waals surface area contributed by atoms with Crippen LogP contribution in [0.2, 0.25) is 0 Å². The number of aldehydes is 1. The summed E-state index contributed by atoms with van der Waals surface area (Å²) in [5.74, 6) is 0.463. The van der Waals surface area contributed by atoms with Gasteiger partial charge in [0, 0.05) is 0 Å². The first-order valence-corrected chi connectivity index (χ1v) is 5.13. The molecule has 1 aliphatic carbocycles. The van der Waals surface area contributed by atoms with Crippen LogP contribution in [0, 0.1) is 5.92 Å². The lowest BCUT2D eigenvalue weighted by molar-refractivity contribution is -0.104. The molecule has 0 bridgehead atoms. The third-order valence-corrected chi connectivity index (χ3v) is 2.79. The van der Waals surface area contributed by atoms with Gasteiger partial charge in [-0.2, -0.15) is 0 Å². The average Bonchev–Trinajstić information content (AvgIpc) is 2.19. The molecule has 0 aromatic rings. The Morgan fingerprint density at radius 2 is 2.00 bits per heavy atom. The maximum atomic E-state index is 9.99. The van der Waals surface area contributed by atoms with Crippen LogP contribution in [0.15, 0.2) is 12.2 Å². The van der Waals surface area contributed by atoms with Crippen molar-refractivity contribution in [2.75, 3.05) is 0 Å². The van der Waals surface area contributed by atoms with Crippen molar-refractivity contribution >= 4 is 6.29 Å². The SMILES string of the molecule is O=C/C=C/C[C@H](O)C1CCCCC1. The molecule has 1 rings (SSSR count). The highest BCUT2D eigenvalue weighted by atomic mass is 16.3. The van der Waals surface area contributed by atoms with E-state index >= 15 is 0 Å². The molecule has 2 heteroatoms. The number of rotatable bonds is 4. The number of hydrogen-bond donors (Lipinski definition) is 1. The highest BCUT2D eigenvalue weighted by molar-refractivity contribution is 5.64. The average molecular weight is 182 g/mol. The van der Waals surface area contributed by atoms with E-state index in [9.17, 15) is 9.90 Å². The first kappa shape index (κ1) is 10.5. The second kappa shape index (κ2) is 5.92. The topological polar surface area (TPSA) is 37.3 Å². The molecule has 1 aliphatic rings. The Labute approximate surface area is 79.6 Å². The zero-order chi connectivity index (χ0) is 9.52. The lowest BCUT2D eigenvalue weighted by Gasteiger charge is -2.25. The molecule has 0 unspecified atom stereocenters. The van der Waals surface area contributed by atoms with Gasteiger partial charge in [0.05, 0.1) is 6.10 Å². The van der Waals surface area contributed by atoms with Crippen molar-refractivity contribution < 1.29 is 9.90 Å². The Bertz CT molecular complexity index is 169. The minimum Gasteiger partial charge on any atom is -0.393 e. The molecule has 0 heterocycles. The fourth-order valence-corrected chi connectivity index (χ4v) is 1.98. The van der Waals surface area contributed by atoms with Gasteiger partial charge in [-0.3, -0.25) is 4.79 Å². The van der Waals surface area contributed by atoms with Crippen molar-refractivity contribution in [3.63, 3.8) is 0 Å². The summed E-state index contributed by atoms with van der Waals surface area (Å²) in [5, 5.41) is 9.73. The van der Waals surface area contributed by atoms with E-state index in [0.717, 1.165) is 19.1 Å². The van der Waals surface area contributed by atoms with Crippen molar-refractivity contribution in [2.45, 2.75) is 44.6 Å². The Hall–Kier alpha value is -0.630. The van der Waals surface area contributed by atoms with Crippen LogP contribution in [0.5, 0.6) is 0 Å². The number of carbonyl (C=O) groups is 1. The van der Waals surface area contributed by atoms with Gasteiger partial charge >= 0.3 is 0 Å². The number of hydrogen-bond acceptors (Lipinski definition) is 2. The largest absolute Gasteiger partial charge is 0.393 e. The third kappa shape index (κ3) is 3.73. The molecule has 0 spiro atoms. The molecule has 1 saturated carbocycles. The lowest BCUT2D eigenvalue weighted by atomic mass is 9.84. The molecule has 1 N–H and O–H groups in total. The van der Waals surface area contributed by atoms with E-state index in [1.807, 2.05) is 0 Å². The van der Waals surface area contributed by atoms with Crippen LogP contribution in [0.25, 0.3) is 0 Å². The van der Waals surface area contributed by atoms with Crippen molar-refractivity contribution in [1.29, 1.82) is 0 Å². The van der Waals surface area contributed by atoms with Gasteiger partial charge in [-0.25, -0.2) is 0 Å². The quantitative estimate of drug-likeness (QED) is 0.534. The molecular weight excluding hydrogens is 164 g/mol. The van der Waals surface area contributed by atoms with E-state index in [1.165, 1.54) is 25.3 Å². The summed E-state index contributed by atoms with van der Waals surface area (Å²) in [6.07, 6.45) is 10.5. The molecule has 1 atom stereocenters. The van der Waals surface area contributed by atoms with Crippen molar-refractivity contribution in [2.24, 2.45) is 5.92 Å². The Kier molecular flexibility index (Phi) is 4.76. The highest BCUT2D eigenvalue weighted by Crippen LogP contribution is 2.27. The molecule has 74 valence electrons. The molecule has 0 radical (unpaired) electrons. The molecule has 1 fully saturated rings. The molecular formula is C11H18O2. The second-order valence-corrected chi connectivity index (χ2v) is 3.77. The summed E-state index contributed by atoms with van der Waals surface area (Å²) in [6, 6.07) is 0. The summed E-state index contributed by atoms with van der Waals surface area (Å²) in [4.78, 5) is 9.99. The molecule has 13 heavy (non-hydrogen) atoms. The summed E-state index contributed by atoms with van der Waals surface area (Å²) in [5.41, 5.74) is 0. The maximum Gasteiger partial charge on any atom is 0.142 e. The van der Waals surface area contributed by atoms with Gasteiger partial charge in [0.1, 0.15) is 6.29 Å². The van der Waals surface area contributed by atoms with E-state index in [1.54, 1.807) is 6.08 Å². The molecule has 0 aromatic carbocycles. The van der Waals surface area contributed by atoms with Crippen molar-refractivity contribution in [1.82, 2.24) is 0 Å². The van der Waals surface area contributed by atoms with Crippen molar-refractivity contribution in [3.8, 4) is 0 Å². The zero-order valence-electron chi connectivity index (χ0n) is 7.98. The summed E-state index contributed by atoms with van der Waals surface area (Å²) < 4.78 is 0. The third-order valence-electron chi connectivity index (χ3n) is 2.79. The van der Waals surface area contributed by atoms with E-state index in [-0.39, 0.29) is 6.10 Å². The Balaban J connectivity index is 2.24. The molecule has 0 aromatic heterocycles. The van der Waals surface area contributed by atoms with Gasteiger partial charge in [0.15, 0.2) is 0 Å². The van der Waals surface area contributed by atoms with E-state index in [2.05, 4.69) is 0 Å². The van der Waals surface area contributed by atoms with Gasteiger partial charge in [-0.1, -0.05) is 25.3 Å². The smallest absolute Gasteiger partial charge is 0.142 e.